The third kappa shape index (κ3) is 3.52. The van der Waals surface area contributed by atoms with E-state index >= 15 is 0 Å². The first-order chi connectivity index (χ1) is 19.3. The van der Waals surface area contributed by atoms with Crippen LogP contribution < -0.4 is 0 Å². The second kappa shape index (κ2) is 8.64. The fourth-order valence-corrected chi connectivity index (χ4v) is 5.80. The molecule has 5 aromatic carbocycles. The molecule has 0 bridgehead atoms. The highest BCUT2D eigenvalue weighted by molar-refractivity contribution is 6.20. The van der Waals surface area contributed by atoms with Gasteiger partial charge in [-0.2, -0.15) is 0 Å². The molecule has 0 fully saturated rings. The molecule has 0 saturated heterocycles. The van der Waals surface area contributed by atoms with Gasteiger partial charge in [0.2, 0.25) is 0 Å². The van der Waals surface area contributed by atoms with E-state index in [1.165, 1.54) is 43.7 Å². The van der Waals surface area contributed by atoms with Crippen molar-refractivity contribution in [3.63, 3.8) is 0 Å². The van der Waals surface area contributed by atoms with Crippen molar-refractivity contribution < 1.29 is 0 Å². The summed E-state index contributed by atoms with van der Waals surface area (Å²) in [5.74, 6) is 0. The quantitative estimate of drug-likeness (QED) is 0.244. The summed E-state index contributed by atoms with van der Waals surface area (Å²) in [6, 6.07) is 45.2. The van der Waals surface area contributed by atoms with Gasteiger partial charge in [0.05, 0.1) is 22.2 Å². The van der Waals surface area contributed by atoms with E-state index in [1.54, 1.807) is 0 Å². The molecule has 0 amide bonds. The van der Waals surface area contributed by atoms with Crippen LogP contribution in [0.25, 0.3) is 71.6 Å². The van der Waals surface area contributed by atoms with Gasteiger partial charge in [0.15, 0.2) is 0 Å². The summed E-state index contributed by atoms with van der Waals surface area (Å²) < 4.78 is 2.35. The molecule has 0 aliphatic carbocycles. The maximum absolute atomic E-state index is 4.82. The summed E-state index contributed by atoms with van der Waals surface area (Å²) in [6.07, 6.45) is 3.73. The second-order valence-electron chi connectivity index (χ2n) is 9.93. The minimum absolute atomic E-state index is 0.990. The summed E-state index contributed by atoms with van der Waals surface area (Å²) in [5.41, 5.74) is 9.04. The highest BCUT2D eigenvalue weighted by atomic mass is 15.0. The first kappa shape index (κ1) is 21.8. The molecule has 3 heterocycles. The standard InChI is InChI=1S/C36H23N3/c1-2-8-30(9-3-1)39-33-17-16-28(23-31(33)35-34(39)18-15-24-7-6-20-38-36(24)35)26-11-12-27-22-29(14-13-25(27)21-26)32-10-4-5-19-37-32/h1-23H. The molecule has 182 valence electrons. The van der Waals surface area contributed by atoms with Gasteiger partial charge in [-0.25, -0.2) is 0 Å². The Hall–Kier alpha value is -5.28. The first-order valence-corrected chi connectivity index (χ1v) is 13.2. The molecule has 39 heavy (non-hydrogen) atoms. The number of hydrogen-bond donors (Lipinski definition) is 0. The van der Waals surface area contributed by atoms with E-state index in [-0.39, 0.29) is 0 Å². The van der Waals surface area contributed by atoms with E-state index in [4.69, 9.17) is 4.98 Å². The zero-order valence-electron chi connectivity index (χ0n) is 21.1. The van der Waals surface area contributed by atoms with Gasteiger partial charge in [0.25, 0.3) is 0 Å². The van der Waals surface area contributed by atoms with Gasteiger partial charge in [-0.3, -0.25) is 9.97 Å². The Balaban J connectivity index is 1.34. The highest BCUT2D eigenvalue weighted by Gasteiger charge is 2.16. The minimum atomic E-state index is 0.990. The molecule has 0 aliphatic heterocycles. The molecule has 0 saturated carbocycles. The summed E-state index contributed by atoms with van der Waals surface area (Å²) in [5, 5.41) is 5.97. The Morgan fingerprint density at radius 1 is 0.462 bits per heavy atom. The first-order valence-electron chi connectivity index (χ1n) is 13.2. The number of pyridine rings is 2. The number of nitrogens with zero attached hydrogens (tertiary/aromatic N) is 3. The zero-order valence-corrected chi connectivity index (χ0v) is 21.1. The average molecular weight is 498 g/mol. The van der Waals surface area contributed by atoms with Crippen LogP contribution in [-0.4, -0.2) is 14.5 Å². The van der Waals surface area contributed by atoms with Crippen molar-refractivity contribution in [3.05, 3.63) is 140 Å². The predicted molar refractivity (Wildman–Crippen MR) is 162 cm³/mol. The van der Waals surface area contributed by atoms with Crippen LogP contribution in [0.3, 0.4) is 0 Å². The molecular formula is C36H23N3. The lowest BCUT2D eigenvalue weighted by Gasteiger charge is -2.09. The van der Waals surface area contributed by atoms with Crippen LogP contribution in [0.2, 0.25) is 0 Å². The number of fused-ring (bicyclic) bond motifs is 6. The molecule has 3 heteroatoms. The number of aromatic nitrogens is 3. The summed E-state index contributed by atoms with van der Waals surface area (Å²) >= 11 is 0. The van der Waals surface area contributed by atoms with Crippen molar-refractivity contribution in [2.45, 2.75) is 0 Å². The number of para-hydroxylation sites is 1. The van der Waals surface area contributed by atoms with Crippen LogP contribution in [-0.2, 0) is 0 Å². The van der Waals surface area contributed by atoms with E-state index in [1.807, 2.05) is 30.6 Å². The average Bonchev–Trinajstić information content (AvgIpc) is 3.35. The number of rotatable bonds is 3. The van der Waals surface area contributed by atoms with Crippen LogP contribution in [0.5, 0.6) is 0 Å². The van der Waals surface area contributed by atoms with Gasteiger partial charge in [-0.05, 0) is 82.6 Å². The number of hydrogen-bond acceptors (Lipinski definition) is 2. The van der Waals surface area contributed by atoms with Gasteiger partial charge in [0, 0.05) is 39.8 Å². The molecule has 0 radical (unpaired) electrons. The maximum atomic E-state index is 4.82. The molecule has 8 rings (SSSR count). The minimum Gasteiger partial charge on any atom is -0.309 e. The van der Waals surface area contributed by atoms with Crippen molar-refractivity contribution in [1.82, 2.24) is 14.5 Å². The molecule has 0 unspecified atom stereocenters. The molecule has 8 aromatic rings. The molecule has 0 atom stereocenters. The van der Waals surface area contributed by atoms with Crippen LogP contribution in [0.4, 0.5) is 0 Å². The Labute approximate surface area is 225 Å². The van der Waals surface area contributed by atoms with Crippen LogP contribution >= 0.6 is 0 Å². The van der Waals surface area contributed by atoms with Crippen LogP contribution in [0.15, 0.2) is 140 Å². The Bertz CT molecular complexity index is 2160. The third-order valence-corrected chi connectivity index (χ3v) is 7.65. The molecule has 0 N–H and O–H groups in total. The fraction of sp³-hybridized carbons (Fsp3) is 0. The van der Waals surface area contributed by atoms with E-state index in [9.17, 15) is 0 Å². The SMILES string of the molecule is c1ccc(-n2c3ccc(-c4ccc5cc(-c6ccccn6)ccc5c4)cc3c3c4ncccc4ccc32)cc1. The zero-order chi connectivity index (χ0) is 25.8. The largest absolute Gasteiger partial charge is 0.309 e. The van der Waals surface area contributed by atoms with Crippen molar-refractivity contribution in [1.29, 1.82) is 0 Å². The van der Waals surface area contributed by atoms with Gasteiger partial charge in [-0.15, -0.1) is 0 Å². The fourth-order valence-electron chi connectivity index (χ4n) is 5.80. The van der Waals surface area contributed by atoms with Crippen molar-refractivity contribution in [2.75, 3.05) is 0 Å². The lowest BCUT2D eigenvalue weighted by Crippen LogP contribution is -1.93. The Kier molecular flexibility index (Phi) is 4.82. The summed E-state index contributed by atoms with van der Waals surface area (Å²) in [7, 11) is 0. The van der Waals surface area contributed by atoms with E-state index in [0.29, 0.717) is 0 Å². The van der Waals surface area contributed by atoms with Crippen molar-refractivity contribution in [2.24, 2.45) is 0 Å². The second-order valence-corrected chi connectivity index (χ2v) is 9.93. The van der Waals surface area contributed by atoms with Gasteiger partial charge < -0.3 is 4.57 Å². The van der Waals surface area contributed by atoms with Crippen LogP contribution in [0.1, 0.15) is 0 Å². The summed E-state index contributed by atoms with van der Waals surface area (Å²) in [6.45, 7) is 0. The van der Waals surface area contributed by atoms with Crippen molar-refractivity contribution in [3.8, 4) is 28.1 Å². The van der Waals surface area contributed by atoms with Crippen molar-refractivity contribution >= 4 is 43.5 Å². The maximum Gasteiger partial charge on any atom is 0.0802 e. The molecule has 0 aliphatic rings. The van der Waals surface area contributed by atoms with E-state index in [2.05, 4.69) is 119 Å². The Morgan fingerprint density at radius 3 is 2.00 bits per heavy atom. The normalized spacial score (nSPS) is 11.6. The lowest BCUT2D eigenvalue weighted by atomic mass is 9.97. The van der Waals surface area contributed by atoms with E-state index < -0.39 is 0 Å². The van der Waals surface area contributed by atoms with E-state index in [0.717, 1.165) is 27.8 Å². The number of benzene rings is 5. The summed E-state index contributed by atoms with van der Waals surface area (Å²) in [4.78, 5) is 9.34. The highest BCUT2D eigenvalue weighted by Crippen LogP contribution is 2.38. The lowest BCUT2D eigenvalue weighted by molar-refractivity contribution is 1.18. The molecule has 3 aromatic heterocycles. The van der Waals surface area contributed by atoms with Gasteiger partial charge in [0.1, 0.15) is 0 Å². The van der Waals surface area contributed by atoms with Gasteiger partial charge in [-0.1, -0.05) is 66.7 Å². The smallest absolute Gasteiger partial charge is 0.0802 e. The van der Waals surface area contributed by atoms with Crippen LogP contribution in [0, 0.1) is 0 Å². The molecule has 3 nitrogen and oxygen atoms in total. The monoisotopic (exact) mass is 497 g/mol. The Morgan fingerprint density at radius 2 is 1.15 bits per heavy atom. The van der Waals surface area contributed by atoms with Gasteiger partial charge >= 0.3 is 0 Å². The predicted octanol–water partition coefficient (Wildman–Crippen LogP) is 9.21. The topological polar surface area (TPSA) is 30.7 Å². The third-order valence-electron chi connectivity index (χ3n) is 7.65. The molecular weight excluding hydrogens is 474 g/mol. The molecule has 0 spiro atoms.